The van der Waals surface area contributed by atoms with Crippen LogP contribution >= 0.6 is 15.9 Å². The molecule has 0 saturated heterocycles. The average molecular weight is 743 g/mol. The number of halogens is 1. The molecule has 14 nitrogen and oxygen atoms in total. The van der Waals surface area contributed by atoms with Gasteiger partial charge in [-0.25, -0.2) is 0 Å². The largest absolute Gasteiger partial charge is 0.506 e. The number of carbonyl (C=O) groups excluding carboxylic acids is 4. The van der Waals surface area contributed by atoms with Gasteiger partial charge in [-0.3, -0.25) is 24.0 Å². The number of aliphatic hydroxyl groups is 1. The normalized spacial score (nSPS) is 13.3. The molecule has 0 bridgehead atoms. The number of aliphatic hydroxyl groups excluding tert-OH is 1. The maximum atomic E-state index is 12.4. The van der Waals surface area contributed by atoms with Crippen molar-refractivity contribution in [1.82, 2.24) is 16.0 Å². The molecule has 9 N–H and O–H groups in total. The molecule has 270 valence electrons. The van der Waals surface area contributed by atoms with Crippen LogP contribution in [0.2, 0.25) is 0 Å². The third-order valence-electron chi connectivity index (χ3n) is 7.15. The van der Waals surface area contributed by atoms with Crippen LogP contribution < -0.4 is 27.0 Å². The maximum absolute atomic E-state index is 12.4. The second-order valence-electron chi connectivity index (χ2n) is 13.0. The third-order valence-corrected chi connectivity index (χ3v) is 7.74. The van der Waals surface area contributed by atoms with Crippen LogP contribution in [-0.2, 0) is 35.1 Å². The molecule has 0 aliphatic rings. The van der Waals surface area contributed by atoms with Gasteiger partial charge < -0.3 is 47.1 Å². The first kappa shape index (κ1) is 42.5. The van der Waals surface area contributed by atoms with E-state index in [1.807, 2.05) is 27.7 Å². The quantitative estimate of drug-likeness (QED) is 0.0492. The number of phenolic OH excluding ortho intramolecular Hbond substituents is 1. The van der Waals surface area contributed by atoms with Crippen molar-refractivity contribution in [3.8, 4) is 5.75 Å². The summed E-state index contributed by atoms with van der Waals surface area (Å²) in [7, 11) is 0. The Labute approximate surface area is 290 Å². The Bertz CT molecular complexity index is 1290. The molecule has 1 aromatic carbocycles. The number of anilines is 1. The summed E-state index contributed by atoms with van der Waals surface area (Å²) in [5.74, 6) is -3.30. The number of carbonyl (C=O) groups is 5. The summed E-state index contributed by atoms with van der Waals surface area (Å²) in [4.78, 5) is 60.4. The second kappa shape index (κ2) is 20.8. The highest BCUT2D eigenvalue weighted by Gasteiger charge is 2.26. The van der Waals surface area contributed by atoms with Crippen LogP contribution in [0.3, 0.4) is 0 Å². The Morgan fingerprint density at radius 2 is 1.65 bits per heavy atom. The summed E-state index contributed by atoms with van der Waals surface area (Å²) in [6, 6.07) is 4.26. The molecule has 48 heavy (non-hydrogen) atoms. The van der Waals surface area contributed by atoms with Gasteiger partial charge >= 0.3 is 5.97 Å². The fourth-order valence-corrected chi connectivity index (χ4v) is 4.73. The lowest BCUT2D eigenvalue weighted by molar-refractivity contribution is -0.141. The van der Waals surface area contributed by atoms with E-state index in [2.05, 4.69) is 37.2 Å². The van der Waals surface area contributed by atoms with Crippen LogP contribution in [0.5, 0.6) is 5.75 Å². The predicted molar refractivity (Wildman–Crippen MR) is 185 cm³/mol. The molecule has 0 fully saturated rings. The zero-order chi connectivity index (χ0) is 36.5. The Morgan fingerprint density at radius 1 is 1.02 bits per heavy atom. The highest BCUT2D eigenvalue weighted by Crippen LogP contribution is 2.25. The number of aliphatic carboxylic acids is 1. The van der Waals surface area contributed by atoms with Crippen molar-refractivity contribution < 1.29 is 44.0 Å². The molecule has 0 heterocycles. The minimum Gasteiger partial charge on any atom is -0.506 e. The Hall–Kier alpha value is -3.53. The van der Waals surface area contributed by atoms with Gasteiger partial charge in [-0.2, -0.15) is 0 Å². The van der Waals surface area contributed by atoms with Crippen molar-refractivity contribution >= 4 is 51.2 Å². The zero-order valence-electron chi connectivity index (χ0n) is 28.5. The van der Waals surface area contributed by atoms with Crippen molar-refractivity contribution in [2.75, 3.05) is 31.6 Å². The topological polar surface area (TPSA) is 229 Å². The van der Waals surface area contributed by atoms with Gasteiger partial charge in [0.05, 0.1) is 33.8 Å². The van der Waals surface area contributed by atoms with E-state index in [1.165, 1.54) is 6.07 Å². The van der Waals surface area contributed by atoms with Crippen LogP contribution in [0, 0.1) is 5.92 Å². The van der Waals surface area contributed by atoms with Crippen molar-refractivity contribution in [3.63, 3.8) is 0 Å². The van der Waals surface area contributed by atoms with Crippen LogP contribution in [0.1, 0.15) is 78.7 Å². The highest BCUT2D eigenvalue weighted by atomic mass is 79.9. The molecular weight excluding hydrogens is 690 g/mol. The van der Waals surface area contributed by atoms with E-state index in [1.54, 1.807) is 19.1 Å². The van der Waals surface area contributed by atoms with Crippen molar-refractivity contribution in [2.24, 2.45) is 11.7 Å². The molecule has 1 unspecified atom stereocenters. The summed E-state index contributed by atoms with van der Waals surface area (Å²) in [6.45, 7) is 9.63. The van der Waals surface area contributed by atoms with E-state index in [-0.39, 0.29) is 73.3 Å². The molecule has 0 radical (unpaired) electrons. The summed E-state index contributed by atoms with van der Waals surface area (Å²) in [6.07, 6.45) is 3.09. The molecular formula is C33H52BrN5O9. The van der Waals surface area contributed by atoms with E-state index in [4.69, 9.17) is 20.7 Å². The standard InChI is InChI=1S/C33H52BrN5O9/c1-21(31(46)47)16-23(35)17-22-10-11-26(41)25(18-22)38-27(42)8-6-13-36-29(44)19-24(34)30(45)37-14-7-9-28(43)39-32(2,3)20-48-33(4,5)12-15-40/h10-11,18-19,21,23,40-41H,6-9,12-17,20,35H2,1-5H3,(H,36,44)(H,37,45)(H,38,42)(H,39,43)(H,46,47)/b24-19-/t21?,23-/m1/s1. The number of ether oxygens (including phenoxy) is 1. The van der Waals surface area contributed by atoms with Gasteiger partial charge in [0.2, 0.25) is 17.7 Å². The number of nitrogens with one attached hydrogen (secondary N) is 4. The summed E-state index contributed by atoms with van der Waals surface area (Å²) in [5.41, 5.74) is 5.86. The number of carboxylic acids is 1. The first-order valence-electron chi connectivity index (χ1n) is 15.9. The number of hydrogen-bond acceptors (Lipinski definition) is 9. The lowest BCUT2D eigenvalue weighted by Gasteiger charge is -2.32. The summed E-state index contributed by atoms with van der Waals surface area (Å²) >= 11 is 3.08. The first-order chi connectivity index (χ1) is 22.3. The van der Waals surface area contributed by atoms with E-state index in [0.717, 1.165) is 11.6 Å². The molecule has 4 amide bonds. The van der Waals surface area contributed by atoms with Gasteiger partial charge in [-0.1, -0.05) is 13.0 Å². The monoisotopic (exact) mass is 741 g/mol. The zero-order valence-corrected chi connectivity index (χ0v) is 30.1. The van der Waals surface area contributed by atoms with E-state index in [9.17, 15) is 29.1 Å². The van der Waals surface area contributed by atoms with Gasteiger partial charge in [0.1, 0.15) is 5.75 Å². The smallest absolute Gasteiger partial charge is 0.306 e. The number of amides is 4. The van der Waals surface area contributed by atoms with Gasteiger partial charge in [-0.15, -0.1) is 0 Å². The first-order valence-corrected chi connectivity index (χ1v) is 16.7. The maximum Gasteiger partial charge on any atom is 0.306 e. The molecule has 0 aromatic heterocycles. The summed E-state index contributed by atoms with van der Waals surface area (Å²) < 4.78 is 5.83. The van der Waals surface area contributed by atoms with Crippen LogP contribution in [-0.4, -0.2) is 88.4 Å². The molecule has 0 aliphatic carbocycles. The van der Waals surface area contributed by atoms with Crippen LogP contribution in [0.4, 0.5) is 5.69 Å². The van der Waals surface area contributed by atoms with Crippen molar-refractivity contribution in [1.29, 1.82) is 0 Å². The van der Waals surface area contributed by atoms with Gasteiger partial charge in [-0.05, 0) is 93.4 Å². The SMILES string of the molecule is CC(C[C@@H](N)Cc1ccc(O)c(NC(=O)CCCNC(=O)/C=C(\Br)C(=O)NCCCC(=O)NC(C)(C)COC(C)(C)CCO)c1)C(=O)O. The van der Waals surface area contributed by atoms with Crippen molar-refractivity contribution in [2.45, 2.75) is 96.7 Å². The lowest BCUT2D eigenvalue weighted by atomic mass is 9.96. The van der Waals surface area contributed by atoms with E-state index >= 15 is 0 Å². The van der Waals surface area contributed by atoms with E-state index < -0.39 is 40.9 Å². The number of aromatic hydroxyl groups is 1. The molecule has 2 atom stereocenters. The predicted octanol–water partition coefficient (Wildman–Crippen LogP) is 2.46. The van der Waals surface area contributed by atoms with Gasteiger partial charge in [0.15, 0.2) is 0 Å². The Morgan fingerprint density at radius 3 is 2.27 bits per heavy atom. The number of hydrogen-bond donors (Lipinski definition) is 8. The number of rotatable bonds is 22. The van der Waals surface area contributed by atoms with E-state index in [0.29, 0.717) is 25.7 Å². The number of nitrogens with two attached hydrogens (primary N) is 1. The van der Waals surface area contributed by atoms with Gasteiger partial charge in [0.25, 0.3) is 5.91 Å². The fourth-order valence-electron chi connectivity index (χ4n) is 4.38. The lowest BCUT2D eigenvalue weighted by Crippen LogP contribution is -2.48. The average Bonchev–Trinajstić information content (AvgIpc) is 2.97. The number of phenols is 1. The van der Waals surface area contributed by atoms with Gasteiger partial charge in [0, 0.05) is 44.7 Å². The molecule has 15 heteroatoms. The number of benzene rings is 1. The van der Waals surface area contributed by atoms with Crippen molar-refractivity contribution in [3.05, 3.63) is 34.3 Å². The highest BCUT2D eigenvalue weighted by molar-refractivity contribution is 9.12. The molecule has 0 spiro atoms. The second-order valence-corrected chi connectivity index (χ2v) is 13.9. The van der Waals surface area contributed by atoms with Crippen LogP contribution in [0.25, 0.3) is 0 Å². The van der Waals surface area contributed by atoms with Crippen LogP contribution in [0.15, 0.2) is 28.8 Å². The molecule has 1 rings (SSSR count). The molecule has 1 aromatic rings. The fraction of sp³-hybridized carbons (Fsp3) is 0.606. The number of carboxylic acid groups (broad SMARTS) is 1. The summed E-state index contributed by atoms with van der Waals surface area (Å²) in [5, 5.41) is 39.1. The molecule has 0 saturated carbocycles. The minimum absolute atomic E-state index is 0.00142. The molecule has 0 aliphatic heterocycles. The Balaban J connectivity index is 2.38. The minimum atomic E-state index is -0.927. The third kappa shape index (κ3) is 18.1. The Kier molecular flexibility index (Phi) is 18.4.